The van der Waals surface area contributed by atoms with Gasteiger partial charge in [0.1, 0.15) is 5.82 Å². The molecule has 0 saturated carbocycles. The van der Waals surface area contributed by atoms with Crippen LogP contribution < -0.4 is 10.2 Å². The summed E-state index contributed by atoms with van der Waals surface area (Å²) in [5.41, 5.74) is 0. The van der Waals surface area contributed by atoms with Gasteiger partial charge in [0, 0.05) is 65.3 Å². The van der Waals surface area contributed by atoms with E-state index in [-0.39, 0.29) is 12.5 Å². The van der Waals surface area contributed by atoms with E-state index >= 15 is 0 Å². The molecule has 1 saturated heterocycles. The van der Waals surface area contributed by atoms with E-state index in [1.165, 1.54) is 11.5 Å². The van der Waals surface area contributed by atoms with Gasteiger partial charge < -0.3 is 20.0 Å². The predicted molar refractivity (Wildman–Crippen MR) is 93.1 cm³/mol. The lowest BCUT2D eigenvalue weighted by Crippen LogP contribution is -2.53. The molecule has 1 N–H and O–H groups in total. The number of aryl methyl sites for hydroxylation is 1. The Kier molecular flexibility index (Phi) is 6.14. The first-order valence-corrected chi connectivity index (χ1v) is 8.55. The van der Waals surface area contributed by atoms with Gasteiger partial charge in [-0.05, 0) is 0 Å². The number of amides is 1. The highest BCUT2D eigenvalue weighted by Gasteiger charge is 2.22. The zero-order valence-corrected chi connectivity index (χ0v) is 15.1. The van der Waals surface area contributed by atoms with E-state index in [1.54, 1.807) is 26.0 Å². The molecule has 8 nitrogen and oxygen atoms in total. The van der Waals surface area contributed by atoms with Gasteiger partial charge in [-0.15, -0.1) is 0 Å². The Morgan fingerprint density at radius 1 is 1.35 bits per heavy atom. The van der Waals surface area contributed by atoms with Gasteiger partial charge in [0.25, 0.3) is 0 Å². The summed E-state index contributed by atoms with van der Waals surface area (Å²) in [5.74, 6) is 1.71. The van der Waals surface area contributed by atoms with Gasteiger partial charge in [0.15, 0.2) is 5.96 Å². The van der Waals surface area contributed by atoms with Crippen molar-refractivity contribution in [3.63, 3.8) is 0 Å². The Hall–Kier alpha value is -1.90. The van der Waals surface area contributed by atoms with Crippen molar-refractivity contribution in [3.8, 4) is 0 Å². The van der Waals surface area contributed by atoms with E-state index in [9.17, 15) is 4.79 Å². The zero-order chi connectivity index (χ0) is 16.8. The van der Waals surface area contributed by atoms with E-state index in [0.29, 0.717) is 0 Å². The van der Waals surface area contributed by atoms with Crippen molar-refractivity contribution < 1.29 is 4.79 Å². The molecule has 1 aromatic heterocycles. The minimum Gasteiger partial charge on any atom is -0.347 e. The molecule has 128 valence electrons. The summed E-state index contributed by atoms with van der Waals surface area (Å²) < 4.78 is 4.34. The van der Waals surface area contributed by atoms with Crippen LogP contribution in [0.4, 0.5) is 5.13 Å². The van der Waals surface area contributed by atoms with Crippen LogP contribution in [0.2, 0.25) is 0 Å². The molecule has 0 atom stereocenters. The van der Waals surface area contributed by atoms with Crippen molar-refractivity contribution in [2.24, 2.45) is 4.99 Å². The Morgan fingerprint density at radius 3 is 2.57 bits per heavy atom. The number of carbonyl (C=O) groups excluding carboxylic acids is 1. The molecule has 1 fully saturated rings. The zero-order valence-electron chi connectivity index (χ0n) is 14.2. The molecule has 2 heterocycles. The van der Waals surface area contributed by atoms with Crippen LogP contribution in [-0.2, 0) is 11.2 Å². The highest BCUT2D eigenvalue weighted by Crippen LogP contribution is 2.19. The van der Waals surface area contributed by atoms with Gasteiger partial charge in [-0.25, -0.2) is 4.98 Å². The molecule has 0 spiro atoms. The van der Waals surface area contributed by atoms with Crippen molar-refractivity contribution in [3.05, 3.63) is 5.82 Å². The summed E-state index contributed by atoms with van der Waals surface area (Å²) in [6, 6.07) is 0. The SMILES string of the molecule is CCc1nsc(N2CCN(C(=NC)NCC(=O)N(C)C)CC2)n1. The third-order valence-corrected chi connectivity index (χ3v) is 4.55. The van der Waals surface area contributed by atoms with Crippen molar-refractivity contribution in [1.29, 1.82) is 0 Å². The molecular weight excluding hydrogens is 314 g/mol. The summed E-state index contributed by atoms with van der Waals surface area (Å²) in [4.78, 5) is 26.5. The quantitative estimate of drug-likeness (QED) is 0.609. The largest absolute Gasteiger partial charge is 0.347 e. The van der Waals surface area contributed by atoms with Crippen LogP contribution in [0.25, 0.3) is 0 Å². The lowest BCUT2D eigenvalue weighted by molar-refractivity contribution is -0.127. The summed E-state index contributed by atoms with van der Waals surface area (Å²) in [7, 11) is 5.24. The molecule has 1 aliphatic rings. The van der Waals surface area contributed by atoms with Crippen LogP contribution in [0.15, 0.2) is 4.99 Å². The first-order valence-electron chi connectivity index (χ1n) is 7.78. The van der Waals surface area contributed by atoms with Crippen LogP contribution in [0.1, 0.15) is 12.7 Å². The van der Waals surface area contributed by atoms with Crippen LogP contribution in [-0.4, -0.2) is 84.9 Å². The molecule has 9 heteroatoms. The molecule has 1 amide bonds. The average molecular weight is 339 g/mol. The number of hydrogen-bond acceptors (Lipinski definition) is 6. The lowest BCUT2D eigenvalue weighted by Gasteiger charge is -2.36. The number of nitrogens with zero attached hydrogens (tertiary/aromatic N) is 6. The molecule has 0 bridgehead atoms. The smallest absolute Gasteiger partial charge is 0.241 e. The molecule has 0 radical (unpaired) electrons. The molecule has 0 aliphatic carbocycles. The van der Waals surface area contributed by atoms with Crippen molar-refractivity contribution in [2.45, 2.75) is 13.3 Å². The summed E-state index contributed by atoms with van der Waals surface area (Å²) in [6.07, 6.45) is 0.868. The molecule has 23 heavy (non-hydrogen) atoms. The fourth-order valence-electron chi connectivity index (χ4n) is 2.27. The van der Waals surface area contributed by atoms with E-state index in [1.807, 2.05) is 0 Å². The molecule has 2 rings (SSSR count). The molecule has 1 aromatic rings. The van der Waals surface area contributed by atoms with Crippen LogP contribution in [0.5, 0.6) is 0 Å². The maximum atomic E-state index is 11.7. The number of carbonyl (C=O) groups is 1. The molecular formula is C14H25N7OS. The number of anilines is 1. The van der Waals surface area contributed by atoms with E-state index in [2.05, 4.69) is 36.4 Å². The second-order valence-corrected chi connectivity index (χ2v) is 6.24. The van der Waals surface area contributed by atoms with Gasteiger partial charge in [0.2, 0.25) is 11.0 Å². The van der Waals surface area contributed by atoms with Crippen molar-refractivity contribution in [2.75, 3.05) is 58.8 Å². The van der Waals surface area contributed by atoms with E-state index < -0.39 is 0 Å². The summed E-state index contributed by atoms with van der Waals surface area (Å²) in [5, 5.41) is 4.12. The fourth-order valence-corrected chi connectivity index (χ4v) is 3.07. The molecule has 1 aliphatic heterocycles. The van der Waals surface area contributed by atoms with Crippen molar-refractivity contribution in [1.82, 2.24) is 24.5 Å². The Labute approximate surface area is 141 Å². The highest BCUT2D eigenvalue weighted by atomic mass is 32.1. The van der Waals surface area contributed by atoms with E-state index in [0.717, 1.165) is 49.5 Å². The van der Waals surface area contributed by atoms with Gasteiger partial charge in [-0.3, -0.25) is 9.79 Å². The highest BCUT2D eigenvalue weighted by molar-refractivity contribution is 7.09. The van der Waals surface area contributed by atoms with Crippen molar-refractivity contribution >= 4 is 28.5 Å². The van der Waals surface area contributed by atoms with Gasteiger partial charge in [-0.1, -0.05) is 6.92 Å². The third-order valence-electron chi connectivity index (χ3n) is 3.73. The topological polar surface area (TPSA) is 77.0 Å². The lowest BCUT2D eigenvalue weighted by atomic mass is 10.3. The first kappa shape index (κ1) is 17.5. The van der Waals surface area contributed by atoms with Gasteiger partial charge in [0.05, 0.1) is 6.54 Å². The van der Waals surface area contributed by atoms with Crippen LogP contribution in [0, 0.1) is 0 Å². The number of likely N-dealkylation sites (N-methyl/N-ethyl adjacent to an activating group) is 1. The first-order chi connectivity index (χ1) is 11.0. The minimum atomic E-state index is 0.0331. The fraction of sp³-hybridized carbons (Fsp3) is 0.714. The number of piperazine rings is 1. The number of rotatable bonds is 4. The maximum absolute atomic E-state index is 11.7. The Morgan fingerprint density at radius 2 is 2.04 bits per heavy atom. The number of nitrogens with one attached hydrogen (secondary N) is 1. The van der Waals surface area contributed by atoms with Gasteiger partial charge >= 0.3 is 0 Å². The molecule has 0 aromatic carbocycles. The minimum absolute atomic E-state index is 0.0331. The van der Waals surface area contributed by atoms with Gasteiger partial charge in [-0.2, -0.15) is 4.37 Å². The predicted octanol–water partition coefficient (Wildman–Crippen LogP) is -0.114. The maximum Gasteiger partial charge on any atom is 0.241 e. The summed E-state index contributed by atoms with van der Waals surface area (Å²) >= 11 is 1.46. The molecule has 0 unspecified atom stereocenters. The Bertz CT molecular complexity index is 549. The summed E-state index contributed by atoms with van der Waals surface area (Å²) in [6.45, 7) is 5.76. The number of aromatic nitrogens is 2. The number of hydrogen-bond donors (Lipinski definition) is 1. The normalized spacial score (nSPS) is 15.7. The third kappa shape index (κ3) is 4.54. The number of aliphatic imine (C=N–C) groups is 1. The standard InChI is InChI=1S/C14H25N7OS/c1-5-11-17-14(23-18-11)21-8-6-20(7-9-21)13(15-2)16-10-12(22)19(3)4/h5-10H2,1-4H3,(H,15,16). The second-order valence-electron chi connectivity index (χ2n) is 5.51. The van der Waals surface area contributed by atoms with Crippen LogP contribution in [0.3, 0.4) is 0 Å². The average Bonchev–Trinajstić information content (AvgIpc) is 3.04. The second kappa shape index (κ2) is 8.09. The monoisotopic (exact) mass is 339 g/mol. The van der Waals surface area contributed by atoms with E-state index in [4.69, 9.17) is 0 Å². The number of guanidine groups is 1. The van der Waals surface area contributed by atoms with Crippen LogP contribution >= 0.6 is 11.5 Å². The Balaban J connectivity index is 1.85.